The summed E-state index contributed by atoms with van der Waals surface area (Å²) in [7, 11) is 0. The SMILES string of the molecule is CCC(=O)OCc1cccc(-c2ccc([N+](=O)[O-])cc2)c1-c1ccc(C(C)(C)C)cc1. The van der Waals surface area contributed by atoms with Gasteiger partial charge in [0, 0.05) is 18.6 Å². The zero-order valence-corrected chi connectivity index (χ0v) is 18.3. The lowest BCUT2D eigenvalue weighted by atomic mass is 9.85. The lowest BCUT2D eigenvalue weighted by Gasteiger charge is -2.20. The highest BCUT2D eigenvalue weighted by molar-refractivity contribution is 5.86. The zero-order chi connectivity index (χ0) is 22.6. The molecular weight excluding hydrogens is 390 g/mol. The Morgan fingerprint density at radius 2 is 1.55 bits per heavy atom. The maximum Gasteiger partial charge on any atom is 0.305 e. The van der Waals surface area contributed by atoms with E-state index in [0.717, 1.165) is 27.8 Å². The third-order valence-electron chi connectivity index (χ3n) is 5.26. The average molecular weight is 418 g/mol. The number of carbonyl (C=O) groups is 1. The highest BCUT2D eigenvalue weighted by Crippen LogP contribution is 2.37. The number of ether oxygens (including phenoxy) is 1. The number of hydrogen-bond acceptors (Lipinski definition) is 4. The van der Waals surface area contributed by atoms with Gasteiger partial charge in [-0.3, -0.25) is 14.9 Å². The van der Waals surface area contributed by atoms with E-state index in [1.807, 2.05) is 18.2 Å². The first kappa shape index (κ1) is 22.2. The minimum atomic E-state index is -0.406. The molecule has 0 amide bonds. The van der Waals surface area contributed by atoms with Crippen LogP contribution in [0.5, 0.6) is 0 Å². The third-order valence-corrected chi connectivity index (χ3v) is 5.26. The van der Waals surface area contributed by atoms with Crippen LogP contribution in [0.3, 0.4) is 0 Å². The van der Waals surface area contributed by atoms with Gasteiger partial charge in [-0.1, -0.05) is 70.2 Å². The number of benzene rings is 3. The Morgan fingerprint density at radius 1 is 0.935 bits per heavy atom. The fraction of sp³-hybridized carbons (Fsp3) is 0.269. The number of nitrogens with zero attached hydrogens (tertiary/aromatic N) is 1. The smallest absolute Gasteiger partial charge is 0.305 e. The first-order valence-electron chi connectivity index (χ1n) is 10.3. The summed E-state index contributed by atoms with van der Waals surface area (Å²) in [5.74, 6) is -0.255. The second-order valence-electron chi connectivity index (χ2n) is 8.49. The molecule has 0 atom stereocenters. The molecule has 0 aliphatic rings. The molecule has 3 aromatic carbocycles. The van der Waals surface area contributed by atoms with Gasteiger partial charge in [0.05, 0.1) is 4.92 Å². The van der Waals surface area contributed by atoms with Gasteiger partial charge < -0.3 is 4.74 Å². The molecule has 160 valence electrons. The van der Waals surface area contributed by atoms with E-state index < -0.39 is 4.92 Å². The van der Waals surface area contributed by atoms with Gasteiger partial charge in [0.25, 0.3) is 5.69 Å². The van der Waals surface area contributed by atoms with Gasteiger partial charge in [-0.15, -0.1) is 0 Å². The van der Waals surface area contributed by atoms with Crippen molar-refractivity contribution in [3.05, 3.63) is 88.0 Å². The third kappa shape index (κ3) is 5.18. The second-order valence-corrected chi connectivity index (χ2v) is 8.49. The van der Waals surface area contributed by atoms with Crippen LogP contribution >= 0.6 is 0 Å². The number of esters is 1. The summed E-state index contributed by atoms with van der Waals surface area (Å²) in [6.07, 6.45) is 0.317. The molecule has 0 radical (unpaired) electrons. The fourth-order valence-electron chi connectivity index (χ4n) is 3.46. The highest BCUT2D eigenvalue weighted by Gasteiger charge is 2.17. The van der Waals surface area contributed by atoms with Crippen LogP contribution in [0.25, 0.3) is 22.3 Å². The molecule has 5 heteroatoms. The summed E-state index contributed by atoms with van der Waals surface area (Å²) in [6.45, 7) is 8.44. The molecule has 0 unspecified atom stereocenters. The monoisotopic (exact) mass is 417 g/mol. The van der Waals surface area contributed by atoms with Crippen molar-refractivity contribution in [2.75, 3.05) is 0 Å². The Morgan fingerprint density at radius 3 is 2.10 bits per heavy atom. The van der Waals surface area contributed by atoms with Crippen molar-refractivity contribution in [3.63, 3.8) is 0 Å². The Labute approximate surface area is 182 Å². The van der Waals surface area contributed by atoms with Crippen LogP contribution in [0.4, 0.5) is 5.69 Å². The van der Waals surface area contributed by atoms with Crippen molar-refractivity contribution < 1.29 is 14.5 Å². The Hall–Kier alpha value is -3.47. The fourth-order valence-corrected chi connectivity index (χ4v) is 3.46. The van der Waals surface area contributed by atoms with Crippen molar-refractivity contribution in [2.24, 2.45) is 0 Å². The predicted octanol–water partition coefficient (Wildman–Crippen LogP) is 6.68. The second kappa shape index (κ2) is 9.13. The molecule has 3 aromatic rings. The van der Waals surface area contributed by atoms with Crippen LogP contribution in [-0.4, -0.2) is 10.9 Å². The van der Waals surface area contributed by atoms with E-state index in [0.29, 0.717) is 6.42 Å². The first-order valence-corrected chi connectivity index (χ1v) is 10.3. The summed E-state index contributed by atoms with van der Waals surface area (Å²) in [6, 6.07) is 20.8. The van der Waals surface area contributed by atoms with Gasteiger partial charge in [-0.25, -0.2) is 0 Å². The number of nitro groups is 1. The predicted molar refractivity (Wildman–Crippen MR) is 123 cm³/mol. The molecule has 0 aliphatic heterocycles. The van der Waals surface area contributed by atoms with Crippen LogP contribution in [0, 0.1) is 10.1 Å². The van der Waals surface area contributed by atoms with Crippen LogP contribution < -0.4 is 0 Å². The van der Waals surface area contributed by atoms with Gasteiger partial charge in [0.1, 0.15) is 6.61 Å². The van der Waals surface area contributed by atoms with Crippen molar-refractivity contribution in [1.82, 2.24) is 0 Å². The molecule has 0 aromatic heterocycles. The van der Waals surface area contributed by atoms with E-state index in [-0.39, 0.29) is 23.7 Å². The molecule has 3 rings (SSSR count). The summed E-state index contributed by atoms with van der Waals surface area (Å²) in [5, 5.41) is 11.0. The van der Waals surface area contributed by atoms with Crippen LogP contribution in [0.15, 0.2) is 66.7 Å². The largest absolute Gasteiger partial charge is 0.461 e. The van der Waals surface area contributed by atoms with E-state index >= 15 is 0 Å². The highest BCUT2D eigenvalue weighted by atomic mass is 16.6. The van der Waals surface area contributed by atoms with E-state index in [1.165, 1.54) is 17.7 Å². The summed E-state index contributed by atoms with van der Waals surface area (Å²) in [5.41, 5.74) is 5.96. The van der Waals surface area contributed by atoms with Crippen molar-refractivity contribution in [1.29, 1.82) is 0 Å². The number of rotatable bonds is 6. The summed E-state index contributed by atoms with van der Waals surface area (Å²) < 4.78 is 5.43. The molecule has 0 N–H and O–H groups in total. The van der Waals surface area contributed by atoms with Gasteiger partial charge in [0.15, 0.2) is 0 Å². The lowest BCUT2D eigenvalue weighted by molar-refractivity contribution is -0.384. The maximum absolute atomic E-state index is 11.8. The Bertz CT molecular complexity index is 1080. The van der Waals surface area contributed by atoms with Crippen LogP contribution in [-0.2, 0) is 21.6 Å². The van der Waals surface area contributed by atoms with E-state index in [9.17, 15) is 14.9 Å². The molecule has 0 aliphatic carbocycles. The van der Waals surface area contributed by atoms with Crippen LogP contribution in [0.1, 0.15) is 45.2 Å². The number of non-ortho nitro benzene ring substituents is 1. The van der Waals surface area contributed by atoms with Crippen molar-refractivity contribution in [3.8, 4) is 22.3 Å². The van der Waals surface area contributed by atoms with Crippen LogP contribution in [0.2, 0.25) is 0 Å². The molecule has 5 nitrogen and oxygen atoms in total. The molecular formula is C26H27NO4. The normalized spacial score (nSPS) is 11.2. The molecule has 0 spiro atoms. The lowest BCUT2D eigenvalue weighted by Crippen LogP contribution is -2.10. The quantitative estimate of drug-likeness (QED) is 0.255. The van der Waals surface area contributed by atoms with Gasteiger partial charge in [0.2, 0.25) is 0 Å². The van der Waals surface area contributed by atoms with E-state index in [1.54, 1.807) is 19.1 Å². The number of carbonyl (C=O) groups excluding carboxylic acids is 1. The Kier molecular flexibility index (Phi) is 6.54. The summed E-state index contributed by atoms with van der Waals surface area (Å²) >= 11 is 0. The van der Waals surface area contributed by atoms with Crippen molar-refractivity contribution in [2.45, 2.75) is 46.1 Å². The van der Waals surface area contributed by atoms with Gasteiger partial charge in [-0.05, 0) is 50.9 Å². The van der Waals surface area contributed by atoms with E-state index in [4.69, 9.17) is 4.74 Å². The maximum atomic E-state index is 11.8. The molecule has 0 saturated heterocycles. The van der Waals surface area contributed by atoms with Gasteiger partial charge >= 0.3 is 5.97 Å². The minimum absolute atomic E-state index is 0.0376. The molecule has 0 saturated carbocycles. The molecule has 31 heavy (non-hydrogen) atoms. The minimum Gasteiger partial charge on any atom is -0.461 e. The van der Waals surface area contributed by atoms with Gasteiger partial charge in [-0.2, -0.15) is 0 Å². The molecule has 0 bridgehead atoms. The van der Waals surface area contributed by atoms with Crippen molar-refractivity contribution >= 4 is 11.7 Å². The molecule has 0 heterocycles. The van der Waals surface area contributed by atoms with E-state index in [2.05, 4.69) is 45.0 Å². The average Bonchev–Trinajstić information content (AvgIpc) is 2.76. The first-order chi connectivity index (χ1) is 14.7. The zero-order valence-electron chi connectivity index (χ0n) is 18.3. The standard InChI is InChI=1S/C26H27NO4/c1-5-24(28)31-17-20-7-6-8-23(18-11-15-22(16-12-18)27(29)30)25(20)19-9-13-21(14-10-19)26(2,3)4/h6-16H,5,17H2,1-4H3. The molecule has 0 fully saturated rings. The Balaban J connectivity index is 2.12. The number of nitro benzene ring substituents is 1. The number of hydrogen-bond donors (Lipinski definition) is 0. The topological polar surface area (TPSA) is 69.4 Å². The summed E-state index contributed by atoms with van der Waals surface area (Å²) in [4.78, 5) is 22.4.